The third-order valence-electron chi connectivity index (χ3n) is 2.14. The van der Waals surface area contributed by atoms with Gasteiger partial charge < -0.3 is 24.8 Å². The first-order chi connectivity index (χ1) is 6.43. The van der Waals surface area contributed by atoms with Gasteiger partial charge in [-0.05, 0) is 24.3 Å². The van der Waals surface area contributed by atoms with Crippen molar-refractivity contribution in [1.82, 2.24) is 0 Å². The van der Waals surface area contributed by atoms with Crippen molar-refractivity contribution in [3.8, 4) is 0 Å². The van der Waals surface area contributed by atoms with Gasteiger partial charge in [-0.25, -0.2) is 11.6 Å². The summed E-state index contributed by atoms with van der Waals surface area (Å²) in [6.07, 6.45) is 14.1. The van der Waals surface area contributed by atoms with Crippen LogP contribution in [0.25, 0.3) is 0 Å². The predicted molar refractivity (Wildman–Crippen MR) is 62.0 cm³/mol. The fourth-order valence-electron chi connectivity index (χ4n) is 1.33. The second-order valence-electron chi connectivity index (χ2n) is 3.38. The molecule has 0 amide bonds. The molecule has 0 aromatic carbocycles. The summed E-state index contributed by atoms with van der Waals surface area (Å²) in [6, 6.07) is 0. The third-order valence-corrected chi connectivity index (χ3v) is 3.30. The van der Waals surface area contributed by atoms with E-state index in [0.717, 1.165) is 6.42 Å². The van der Waals surface area contributed by atoms with Crippen LogP contribution in [-0.4, -0.2) is 11.5 Å². The minimum absolute atomic E-state index is 0. The summed E-state index contributed by atoms with van der Waals surface area (Å²) in [7, 11) is 0. The van der Waals surface area contributed by atoms with E-state index < -0.39 is 0 Å². The summed E-state index contributed by atoms with van der Waals surface area (Å²) in [6.45, 7) is 2.25. The molecule has 0 aliphatic heterocycles. The second-order valence-corrected chi connectivity index (χ2v) is 4.60. The van der Waals surface area contributed by atoms with Crippen molar-refractivity contribution in [3.05, 3.63) is 23.8 Å². The van der Waals surface area contributed by atoms with Gasteiger partial charge in [0, 0.05) is 0 Å². The number of hydrogen-bond donors (Lipinski definition) is 0. The van der Waals surface area contributed by atoms with E-state index in [1.54, 1.807) is 0 Å². The number of unbranched alkanes of at least 4 members (excludes halogenated alkanes) is 1. The van der Waals surface area contributed by atoms with Crippen LogP contribution >= 0.6 is 11.8 Å². The monoisotopic (exact) mass is 313 g/mol. The predicted octanol–water partition coefficient (Wildman–Crippen LogP) is -2.01. The minimum atomic E-state index is 0. The molecule has 1 aliphatic carbocycles. The second kappa shape index (κ2) is 16.1. The van der Waals surface area contributed by atoms with E-state index in [4.69, 9.17) is 0 Å². The van der Waals surface area contributed by atoms with Crippen molar-refractivity contribution >= 4 is 11.8 Å². The molecule has 1 radical (unpaired) electrons. The Balaban J connectivity index is -0.000000563. The SMILES string of the molecule is CCCCSCCCC1=[C-]CC=C1.[Cl-].[Cl-].[Ti+3]. The van der Waals surface area contributed by atoms with Crippen LogP contribution in [0, 0.1) is 6.08 Å². The molecular formula is C12H19Cl2STi. The maximum Gasteiger partial charge on any atom is 3.00 e. The summed E-state index contributed by atoms with van der Waals surface area (Å²) in [4.78, 5) is 0. The molecule has 1 aliphatic rings. The number of allylic oxidation sites excluding steroid dienone is 4. The quantitative estimate of drug-likeness (QED) is 0.297. The first kappa shape index (κ1) is 22.3. The topological polar surface area (TPSA) is 0 Å². The molecule has 0 aromatic rings. The van der Waals surface area contributed by atoms with E-state index in [0.29, 0.717) is 0 Å². The van der Waals surface area contributed by atoms with Crippen LogP contribution in [-0.2, 0) is 21.7 Å². The van der Waals surface area contributed by atoms with Crippen LogP contribution < -0.4 is 24.8 Å². The molecule has 0 heterocycles. The fourth-order valence-corrected chi connectivity index (χ4v) is 2.38. The van der Waals surface area contributed by atoms with Crippen molar-refractivity contribution in [3.63, 3.8) is 0 Å². The zero-order valence-electron chi connectivity index (χ0n) is 9.77. The molecule has 0 spiro atoms. The van der Waals surface area contributed by atoms with Crippen LogP contribution in [0.2, 0.25) is 0 Å². The maximum atomic E-state index is 3.35. The smallest absolute Gasteiger partial charge is 1.00 e. The number of thioether (sulfide) groups is 1. The maximum absolute atomic E-state index is 3.35. The summed E-state index contributed by atoms with van der Waals surface area (Å²) < 4.78 is 0. The van der Waals surface area contributed by atoms with Gasteiger partial charge in [0.2, 0.25) is 0 Å². The summed E-state index contributed by atoms with van der Waals surface area (Å²) in [5, 5.41) is 0. The molecular weight excluding hydrogens is 295 g/mol. The van der Waals surface area contributed by atoms with Crippen molar-refractivity contribution in [2.45, 2.75) is 39.0 Å². The van der Waals surface area contributed by atoms with Gasteiger partial charge >= 0.3 is 21.7 Å². The Bertz CT molecular complexity index is 193. The summed E-state index contributed by atoms with van der Waals surface area (Å²) >= 11 is 2.10. The van der Waals surface area contributed by atoms with Crippen molar-refractivity contribution in [2.75, 3.05) is 11.5 Å². The van der Waals surface area contributed by atoms with Gasteiger partial charge in [-0.3, -0.25) is 6.08 Å². The Morgan fingerprint density at radius 2 is 1.94 bits per heavy atom. The normalized spacial score (nSPS) is 12.2. The zero-order valence-corrected chi connectivity index (χ0v) is 13.7. The molecule has 0 saturated carbocycles. The Labute approximate surface area is 132 Å². The molecule has 0 unspecified atom stereocenters. The van der Waals surface area contributed by atoms with Crippen LogP contribution in [0.4, 0.5) is 0 Å². The summed E-state index contributed by atoms with van der Waals surface area (Å²) in [5.41, 5.74) is 1.43. The van der Waals surface area contributed by atoms with Gasteiger partial charge in [-0.2, -0.15) is 17.8 Å². The molecule has 0 saturated heterocycles. The number of hydrogen-bond acceptors (Lipinski definition) is 1. The molecule has 0 nitrogen and oxygen atoms in total. The number of rotatable bonds is 7. The first-order valence-electron chi connectivity index (χ1n) is 5.27. The molecule has 0 bridgehead atoms. The Morgan fingerprint density at radius 3 is 2.50 bits per heavy atom. The molecule has 0 aromatic heterocycles. The fraction of sp³-hybridized carbons (Fsp3) is 0.667. The molecule has 4 heteroatoms. The van der Waals surface area contributed by atoms with E-state index >= 15 is 0 Å². The van der Waals surface area contributed by atoms with E-state index in [-0.39, 0.29) is 46.5 Å². The van der Waals surface area contributed by atoms with Gasteiger partial charge in [0.15, 0.2) is 0 Å². The Hall–Kier alpha value is 1.12. The molecule has 0 N–H and O–H groups in total. The largest absolute Gasteiger partial charge is 3.00 e. The Kier molecular flexibility index (Phi) is 22.5. The van der Waals surface area contributed by atoms with Crippen molar-refractivity contribution < 1.29 is 46.5 Å². The average Bonchev–Trinajstić information content (AvgIpc) is 2.63. The number of halogens is 2. The van der Waals surface area contributed by atoms with Gasteiger partial charge in [-0.1, -0.05) is 19.8 Å². The van der Waals surface area contributed by atoms with E-state index in [1.807, 2.05) is 0 Å². The van der Waals surface area contributed by atoms with Crippen LogP contribution in [0.3, 0.4) is 0 Å². The van der Waals surface area contributed by atoms with E-state index in [2.05, 4.69) is 36.9 Å². The van der Waals surface area contributed by atoms with Crippen molar-refractivity contribution in [2.24, 2.45) is 0 Å². The van der Waals surface area contributed by atoms with Crippen LogP contribution in [0.1, 0.15) is 39.0 Å². The standard InChI is InChI=1S/C12H19S.2ClH.Ti/c1-2-3-10-13-11-6-9-12-7-4-5-8-12;;;/h4,7H,2-3,5-6,9-11H2,1H3;2*1H;/q-1;;;+3/p-2. The molecule has 91 valence electrons. The molecule has 0 atom stereocenters. The zero-order chi connectivity index (χ0) is 9.36. The van der Waals surface area contributed by atoms with Gasteiger partial charge in [-0.15, -0.1) is 6.42 Å². The van der Waals surface area contributed by atoms with E-state index in [9.17, 15) is 0 Å². The minimum Gasteiger partial charge on any atom is -1.00 e. The third kappa shape index (κ3) is 11.6. The first-order valence-corrected chi connectivity index (χ1v) is 6.43. The summed E-state index contributed by atoms with van der Waals surface area (Å²) in [5.74, 6) is 2.66. The van der Waals surface area contributed by atoms with Gasteiger partial charge in [0.1, 0.15) is 0 Å². The van der Waals surface area contributed by atoms with Gasteiger partial charge in [0.25, 0.3) is 0 Å². The average molecular weight is 314 g/mol. The molecule has 1 rings (SSSR count). The van der Waals surface area contributed by atoms with E-state index in [1.165, 1.54) is 42.8 Å². The van der Waals surface area contributed by atoms with Gasteiger partial charge in [0.05, 0.1) is 0 Å². The van der Waals surface area contributed by atoms with Crippen LogP contribution in [0.5, 0.6) is 0 Å². The Morgan fingerprint density at radius 1 is 1.25 bits per heavy atom. The molecule has 16 heavy (non-hydrogen) atoms. The molecule has 0 fully saturated rings. The van der Waals surface area contributed by atoms with Crippen LogP contribution in [0.15, 0.2) is 17.7 Å². The van der Waals surface area contributed by atoms with Crippen molar-refractivity contribution in [1.29, 1.82) is 0 Å².